The number of halogens is 2. The monoisotopic (exact) mass is 378 g/mol. The van der Waals surface area contributed by atoms with Crippen LogP contribution in [0.3, 0.4) is 0 Å². The summed E-state index contributed by atoms with van der Waals surface area (Å²) in [6.45, 7) is 3.30. The molecule has 4 nitrogen and oxygen atoms in total. The van der Waals surface area contributed by atoms with Gasteiger partial charge in [0.1, 0.15) is 6.61 Å². The fraction of sp³-hybridized carbons (Fsp3) is 0.316. The lowest BCUT2D eigenvalue weighted by Gasteiger charge is -2.36. The summed E-state index contributed by atoms with van der Waals surface area (Å²) in [6, 6.07) is 15.5. The van der Waals surface area contributed by atoms with Gasteiger partial charge in [-0.2, -0.15) is 0 Å². The van der Waals surface area contributed by atoms with E-state index in [1.165, 1.54) is 0 Å². The molecule has 3 rings (SSSR count). The third kappa shape index (κ3) is 4.66. The highest BCUT2D eigenvalue weighted by Gasteiger charge is 2.22. The Hall–Kier alpha value is -1.75. The molecule has 2 aromatic carbocycles. The molecule has 1 amide bonds. The maximum absolute atomic E-state index is 12.3. The van der Waals surface area contributed by atoms with E-state index in [1.54, 1.807) is 6.07 Å². The van der Waals surface area contributed by atoms with Gasteiger partial charge in [0, 0.05) is 26.2 Å². The number of benzene rings is 2. The first-order chi connectivity index (χ1) is 12.1. The van der Waals surface area contributed by atoms with E-state index < -0.39 is 0 Å². The van der Waals surface area contributed by atoms with Crippen molar-refractivity contribution in [3.8, 4) is 0 Å². The summed E-state index contributed by atoms with van der Waals surface area (Å²) in [4.78, 5) is 16.3. The van der Waals surface area contributed by atoms with Crippen LogP contribution in [0, 0.1) is 0 Å². The number of piperazine rings is 1. The number of hydrogen-bond acceptors (Lipinski definition) is 3. The molecule has 0 bridgehead atoms. The SMILES string of the molecule is O=C(COCc1ccccc1)N1CCN(c2cccc(Cl)c2Cl)CC1. The van der Waals surface area contributed by atoms with Gasteiger partial charge in [-0.1, -0.05) is 59.6 Å². The Bertz CT molecular complexity index is 717. The van der Waals surface area contributed by atoms with Gasteiger partial charge in [0.15, 0.2) is 0 Å². The Morgan fingerprint density at radius 2 is 1.68 bits per heavy atom. The zero-order valence-corrected chi connectivity index (χ0v) is 15.3. The highest BCUT2D eigenvalue weighted by atomic mass is 35.5. The van der Waals surface area contributed by atoms with Gasteiger partial charge < -0.3 is 14.5 Å². The van der Waals surface area contributed by atoms with Gasteiger partial charge >= 0.3 is 0 Å². The standard InChI is InChI=1S/C19H20Cl2N2O2/c20-16-7-4-8-17(19(16)21)22-9-11-23(12-10-22)18(24)14-25-13-15-5-2-1-3-6-15/h1-8H,9-14H2. The summed E-state index contributed by atoms with van der Waals surface area (Å²) in [5, 5.41) is 1.11. The average Bonchev–Trinajstić information content (AvgIpc) is 2.65. The molecule has 0 atom stereocenters. The molecule has 132 valence electrons. The number of nitrogens with zero attached hydrogens (tertiary/aromatic N) is 2. The second kappa shape index (κ2) is 8.56. The van der Waals surface area contributed by atoms with E-state index in [-0.39, 0.29) is 12.5 Å². The summed E-state index contributed by atoms with van der Waals surface area (Å²) in [5.74, 6) is 0.0211. The number of hydrogen-bond donors (Lipinski definition) is 0. The van der Waals surface area contributed by atoms with Crippen molar-refractivity contribution in [2.45, 2.75) is 6.61 Å². The molecule has 1 heterocycles. The lowest BCUT2D eigenvalue weighted by molar-refractivity contribution is -0.136. The molecule has 1 aliphatic heterocycles. The lowest BCUT2D eigenvalue weighted by Crippen LogP contribution is -2.49. The minimum absolute atomic E-state index is 0.0211. The average molecular weight is 379 g/mol. The van der Waals surface area contributed by atoms with Crippen molar-refractivity contribution in [3.05, 3.63) is 64.1 Å². The van der Waals surface area contributed by atoms with E-state index in [4.69, 9.17) is 27.9 Å². The van der Waals surface area contributed by atoms with Gasteiger partial charge in [-0.15, -0.1) is 0 Å². The predicted molar refractivity (Wildman–Crippen MR) is 101 cm³/mol. The maximum atomic E-state index is 12.3. The van der Waals surface area contributed by atoms with Crippen molar-refractivity contribution >= 4 is 34.8 Å². The quantitative estimate of drug-likeness (QED) is 0.791. The molecular formula is C19H20Cl2N2O2. The predicted octanol–water partition coefficient (Wildman–Crippen LogP) is 3.86. The molecule has 0 spiro atoms. The van der Waals surface area contributed by atoms with Crippen molar-refractivity contribution in [2.24, 2.45) is 0 Å². The van der Waals surface area contributed by atoms with Crippen molar-refractivity contribution in [1.29, 1.82) is 0 Å². The Morgan fingerprint density at radius 1 is 0.960 bits per heavy atom. The van der Waals surface area contributed by atoms with Crippen LogP contribution in [0.5, 0.6) is 0 Å². The van der Waals surface area contributed by atoms with Crippen molar-refractivity contribution in [2.75, 3.05) is 37.7 Å². The Labute approximate surface area is 157 Å². The summed E-state index contributed by atoms with van der Waals surface area (Å²) in [7, 11) is 0. The zero-order valence-electron chi connectivity index (χ0n) is 13.8. The Kier molecular flexibility index (Phi) is 6.19. The van der Waals surface area contributed by atoms with Crippen molar-refractivity contribution in [3.63, 3.8) is 0 Å². The Balaban J connectivity index is 1.47. The van der Waals surface area contributed by atoms with Crippen LogP contribution in [-0.2, 0) is 16.1 Å². The van der Waals surface area contributed by atoms with Crippen LogP contribution in [0.1, 0.15) is 5.56 Å². The fourth-order valence-electron chi connectivity index (χ4n) is 2.86. The molecule has 1 saturated heterocycles. The molecule has 0 saturated carbocycles. The van der Waals surface area contributed by atoms with E-state index in [1.807, 2.05) is 47.4 Å². The van der Waals surface area contributed by atoms with Crippen molar-refractivity contribution in [1.82, 2.24) is 4.90 Å². The van der Waals surface area contributed by atoms with E-state index in [0.29, 0.717) is 29.7 Å². The number of carbonyl (C=O) groups excluding carboxylic acids is 1. The zero-order chi connectivity index (χ0) is 17.6. The molecule has 0 radical (unpaired) electrons. The molecule has 0 unspecified atom stereocenters. The number of amides is 1. The summed E-state index contributed by atoms with van der Waals surface area (Å²) in [6.07, 6.45) is 0. The molecule has 0 aromatic heterocycles. The first-order valence-electron chi connectivity index (χ1n) is 8.23. The smallest absolute Gasteiger partial charge is 0.248 e. The third-order valence-electron chi connectivity index (χ3n) is 4.24. The molecule has 1 aliphatic rings. The molecular weight excluding hydrogens is 359 g/mol. The molecule has 2 aromatic rings. The second-order valence-electron chi connectivity index (χ2n) is 5.92. The number of ether oxygens (including phenoxy) is 1. The molecule has 0 N–H and O–H groups in total. The van der Waals surface area contributed by atoms with Crippen LogP contribution in [0.25, 0.3) is 0 Å². The van der Waals surface area contributed by atoms with Gasteiger partial charge in [-0.3, -0.25) is 4.79 Å². The van der Waals surface area contributed by atoms with Crippen LogP contribution >= 0.6 is 23.2 Å². The number of rotatable bonds is 5. The van der Waals surface area contributed by atoms with Crippen LogP contribution in [0.4, 0.5) is 5.69 Å². The van der Waals surface area contributed by atoms with Crippen LogP contribution in [0.2, 0.25) is 10.0 Å². The summed E-state index contributed by atoms with van der Waals surface area (Å²) in [5.41, 5.74) is 1.98. The molecule has 6 heteroatoms. The van der Waals surface area contributed by atoms with E-state index in [9.17, 15) is 4.79 Å². The van der Waals surface area contributed by atoms with Gasteiger partial charge in [0.05, 0.1) is 22.3 Å². The minimum Gasteiger partial charge on any atom is -0.367 e. The highest BCUT2D eigenvalue weighted by molar-refractivity contribution is 6.43. The minimum atomic E-state index is 0.0211. The summed E-state index contributed by atoms with van der Waals surface area (Å²) >= 11 is 12.4. The Morgan fingerprint density at radius 3 is 2.40 bits per heavy atom. The largest absolute Gasteiger partial charge is 0.367 e. The van der Waals surface area contributed by atoms with Crippen LogP contribution in [-0.4, -0.2) is 43.6 Å². The first-order valence-corrected chi connectivity index (χ1v) is 8.99. The van der Waals surface area contributed by atoms with E-state index in [2.05, 4.69) is 4.90 Å². The number of anilines is 1. The lowest BCUT2D eigenvalue weighted by atomic mass is 10.2. The molecule has 0 aliphatic carbocycles. The van der Waals surface area contributed by atoms with Crippen molar-refractivity contribution < 1.29 is 9.53 Å². The van der Waals surface area contributed by atoms with Crippen LogP contribution < -0.4 is 4.90 Å². The maximum Gasteiger partial charge on any atom is 0.248 e. The third-order valence-corrected chi connectivity index (χ3v) is 5.05. The van der Waals surface area contributed by atoms with Gasteiger partial charge in [-0.25, -0.2) is 0 Å². The van der Waals surface area contributed by atoms with Crippen LogP contribution in [0.15, 0.2) is 48.5 Å². The van der Waals surface area contributed by atoms with Gasteiger partial charge in [0.25, 0.3) is 0 Å². The van der Waals surface area contributed by atoms with Gasteiger partial charge in [0.2, 0.25) is 5.91 Å². The molecule has 1 fully saturated rings. The number of carbonyl (C=O) groups is 1. The summed E-state index contributed by atoms with van der Waals surface area (Å²) < 4.78 is 5.54. The van der Waals surface area contributed by atoms with E-state index in [0.717, 1.165) is 24.3 Å². The van der Waals surface area contributed by atoms with Gasteiger partial charge in [-0.05, 0) is 17.7 Å². The molecule has 25 heavy (non-hydrogen) atoms. The van der Waals surface area contributed by atoms with E-state index >= 15 is 0 Å². The highest BCUT2D eigenvalue weighted by Crippen LogP contribution is 2.32. The first kappa shape index (κ1) is 18.1. The normalized spacial score (nSPS) is 14.6. The topological polar surface area (TPSA) is 32.8 Å². The fourth-order valence-corrected chi connectivity index (χ4v) is 3.27. The second-order valence-corrected chi connectivity index (χ2v) is 6.70.